The molecule has 0 saturated heterocycles. The minimum Gasteiger partial charge on any atom is -0.362 e. The number of anilines is 1. The van der Waals surface area contributed by atoms with Crippen molar-refractivity contribution in [3.63, 3.8) is 0 Å². The van der Waals surface area contributed by atoms with Crippen LogP contribution in [0.25, 0.3) is 16.3 Å². The summed E-state index contributed by atoms with van der Waals surface area (Å²) in [5.74, 6) is 1.47. The van der Waals surface area contributed by atoms with Crippen molar-refractivity contribution < 1.29 is 0 Å². The first-order valence-electron chi connectivity index (χ1n) is 21.8. The molecule has 0 aromatic heterocycles. The second-order valence-electron chi connectivity index (χ2n) is 16.4. The lowest BCUT2D eigenvalue weighted by Gasteiger charge is -2.39. The molecule has 3 aliphatic carbocycles. The van der Waals surface area contributed by atoms with Crippen LogP contribution in [0.4, 0.5) is 5.69 Å². The van der Waals surface area contributed by atoms with E-state index >= 15 is 0 Å². The van der Waals surface area contributed by atoms with Crippen LogP contribution in [0.3, 0.4) is 0 Å². The first-order valence-corrected chi connectivity index (χ1v) is 22.6. The van der Waals surface area contributed by atoms with Gasteiger partial charge >= 0.3 is 0 Å². The number of hydrogen-bond donors (Lipinski definition) is 1. The molecule has 10 rings (SSSR count). The average Bonchev–Trinajstić information content (AvgIpc) is 4.00. The molecular formula is C57H55NS. The van der Waals surface area contributed by atoms with E-state index in [9.17, 15) is 0 Å². The largest absolute Gasteiger partial charge is 0.362 e. The Morgan fingerprint density at radius 1 is 0.729 bits per heavy atom. The third-order valence-corrected chi connectivity index (χ3v) is 14.4. The van der Waals surface area contributed by atoms with Crippen LogP contribution >= 0.6 is 11.8 Å². The van der Waals surface area contributed by atoms with Crippen LogP contribution in [0.15, 0.2) is 198 Å². The van der Waals surface area contributed by atoms with E-state index in [2.05, 4.69) is 188 Å². The van der Waals surface area contributed by atoms with Gasteiger partial charge in [0.1, 0.15) is 0 Å². The highest BCUT2D eigenvalue weighted by Crippen LogP contribution is 2.67. The van der Waals surface area contributed by atoms with Crippen LogP contribution in [-0.4, -0.2) is 0 Å². The molecule has 0 saturated carbocycles. The highest BCUT2D eigenvalue weighted by Gasteiger charge is 2.58. The van der Waals surface area contributed by atoms with Crippen molar-refractivity contribution in [2.45, 2.75) is 80.9 Å². The summed E-state index contributed by atoms with van der Waals surface area (Å²) in [6.45, 7) is 11.4. The van der Waals surface area contributed by atoms with E-state index in [-0.39, 0.29) is 11.3 Å². The second-order valence-corrected chi connectivity index (χ2v) is 17.6. The van der Waals surface area contributed by atoms with Crippen LogP contribution < -0.4 is 5.32 Å². The van der Waals surface area contributed by atoms with Gasteiger partial charge in [0.25, 0.3) is 0 Å². The predicted octanol–water partition coefficient (Wildman–Crippen LogP) is 15.7. The van der Waals surface area contributed by atoms with Gasteiger partial charge in [-0.25, -0.2) is 0 Å². The zero-order valence-corrected chi connectivity index (χ0v) is 35.5. The smallest absolute Gasteiger partial charge is 0.0504 e. The van der Waals surface area contributed by atoms with Crippen LogP contribution in [-0.2, 0) is 11.8 Å². The fourth-order valence-electron chi connectivity index (χ4n) is 10.7. The summed E-state index contributed by atoms with van der Waals surface area (Å²) >= 11 is 1.91. The van der Waals surface area contributed by atoms with Crippen molar-refractivity contribution in [3.8, 4) is 0 Å². The first kappa shape index (κ1) is 38.9. The Hall–Kier alpha value is -5.57. The molecule has 59 heavy (non-hydrogen) atoms. The standard InChI is InChI=1S/C55H49NS.C2H6/c1-37-29-32-52-54(38(2)57-53-28-12-9-22-45(37)53)48-24-8-11-27-50(48)55(52)49-26-10-7-23-46(49)47(25-13-15-39-30-31-41-18-5-6-19-42(41)35-39)51(55)33-34-56-44-21-14-20-43(36-44)40-16-3-4-17-40;1-2/h3,5-14,16,18-28,30-31,33-37,40,52,54,56H,2,4,15,17,29,32H2,1H3;1-2H3/b25-13-,34-33+;. The van der Waals surface area contributed by atoms with Crippen molar-refractivity contribution in [1.29, 1.82) is 0 Å². The summed E-state index contributed by atoms with van der Waals surface area (Å²) in [5, 5.41) is 6.33. The molecule has 6 aromatic rings. The van der Waals surface area contributed by atoms with Gasteiger partial charge in [-0.05, 0) is 134 Å². The Morgan fingerprint density at radius 2 is 1.49 bits per heavy atom. The predicted molar refractivity (Wildman–Crippen MR) is 254 cm³/mol. The molecule has 5 unspecified atom stereocenters. The molecule has 1 aliphatic heterocycles. The van der Waals surface area contributed by atoms with E-state index in [0.717, 1.165) is 31.4 Å². The maximum absolute atomic E-state index is 4.92. The van der Waals surface area contributed by atoms with Gasteiger partial charge in [0, 0.05) is 28.6 Å². The number of rotatable bonds is 7. The van der Waals surface area contributed by atoms with Crippen molar-refractivity contribution in [2.24, 2.45) is 5.92 Å². The topological polar surface area (TPSA) is 12.0 Å². The van der Waals surface area contributed by atoms with Gasteiger partial charge in [-0.2, -0.15) is 0 Å². The molecule has 5 atom stereocenters. The van der Waals surface area contributed by atoms with Gasteiger partial charge in [-0.15, -0.1) is 0 Å². The number of fused-ring (bicyclic) bond motifs is 9. The molecule has 1 N–H and O–H groups in total. The molecule has 294 valence electrons. The van der Waals surface area contributed by atoms with Crippen molar-refractivity contribution in [1.82, 2.24) is 0 Å². The van der Waals surface area contributed by atoms with Gasteiger partial charge in [0.2, 0.25) is 0 Å². The summed E-state index contributed by atoms with van der Waals surface area (Å²) in [7, 11) is 0. The molecule has 1 spiro atoms. The fourth-order valence-corrected chi connectivity index (χ4v) is 11.9. The van der Waals surface area contributed by atoms with E-state index in [1.807, 2.05) is 25.6 Å². The quantitative estimate of drug-likeness (QED) is 0.162. The molecule has 0 bridgehead atoms. The Kier molecular flexibility index (Phi) is 11.2. The van der Waals surface area contributed by atoms with Crippen LogP contribution in [0, 0.1) is 5.92 Å². The third-order valence-electron chi connectivity index (χ3n) is 13.3. The molecule has 4 aliphatic rings. The Bertz CT molecular complexity index is 2640. The zero-order valence-electron chi connectivity index (χ0n) is 34.7. The Morgan fingerprint density at radius 3 is 2.34 bits per heavy atom. The van der Waals surface area contributed by atoms with E-state index in [1.54, 1.807) is 0 Å². The molecule has 0 amide bonds. The second kappa shape index (κ2) is 17.0. The van der Waals surface area contributed by atoms with E-state index in [1.165, 1.54) is 77.1 Å². The number of allylic oxidation sites excluding steroid dienone is 8. The Balaban J connectivity index is 0.00000221. The minimum absolute atomic E-state index is 0.214. The molecule has 0 fully saturated rings. The highest BCUT2D eigenvalue weighted by molar-refractivity contribution is 8.03. The lowest BCUT2D eigenvalue weighted by atomic mass is 9.63. The van der Waals surface area contributed by atoms with Gasteiger partial charge in [0.15, 0.2) is 0 Å². The molecule has 2 heteroatoms. The summed E-state index contributed by atoms with van der Waals surface area (Å²) in [5.41, 5.74) is 13.3. The number of nitrogens with one attached hydrogen (secondary N) is 1. The first-order chi connectivity index (χ1) is 29.1. The van der Waals surface area contributed by atoms with Gasteiger partial charge < -0.3 is 5.32 Å². The van der Waals surface area contributed by atoms with Crippen LogP contribution in [0.5, 0.6) is 0 Å². The average molecular weight is 786 g/mol. The fraction of sp³-hybridized carbons (Fsp3) is 0.228. The van der Waals surface area contributed by atoms with Crippen molar-refractivity contribution in [2.75, 3.05) is 5.32 Å². The number of thioether (sulfide) groups is 1. The number of benzene rings is 6. The molecular weight excluding hydrogens is 731 g/mol. The van der Waals surface area contributed by atoms with Crippen LogP contribution in [0.2, 0.25) is 0 Å². The van der Waals surface area contributed by atoms with E-state index < -0.39 is 0 Å². The number of hydrogen-bond acceptors (Lipinski definition) is 2. The maximum Gasteiger partial charge on any atom is 0.0504 e. The molecule has 0 radical (unpaired) electrons. The normalized spacial score (nSPS) is 23.1. The van der Waals surface area contributed by atoms with Gasteiger partial charge in [-0.1, -0.05) is 185 Å². The summed E-state index contributed by atoms with van der Waals surface area (Å²) in [6.07, 6.45) is 19.6. The SMILES string of the molecule is C=C1Sc2ccccc2C(C)CCC2C1c1ccccc1C21C(/C=C/Nc2cccc(C3C=CCC3)c2)=C(/C=C\Cc2ccc3ccccc3c2)c2ccccc21.CC. The lowest BCUT2D eigenvalue weighted by molar-refractivity contribution is 0.338. The third kappa shape index (κ3) is 7.06. The highest BCUT2D eigenvalue weighted by atomic mass is 32.2. The lowest BCUT2D eigenvalue weighted by Crippen LogP contribution is -2.35. The monoisotopic (exact) mass is 785 g/mol. The Labute approximate surface area is 356 Å². The van der Waals surface area contributed by atoms with Gasteiger partial charge in [0.05, 0.1) is 5.41 Å². The zero-order chi connectivity index (χ0) is 40.3. The van der Waals surface area contributed by atoms with Gasteiger partial charge in [-0.3, -0.25) is 0 Å². The van der Waals surface area contributed by atoms with E-state index in [4.69, 9.17) is 6.58 Å². The molecule has 1 heterocycles. The van der Waals surface area contributed by atoms with Crippen molar-refractivity contribution in [3.05, 3.63) is 232 Å². The van der Waals surface area contributed by atoms with Crippen molar-refractivity contribution >= 4 is 33.8 Å². The minimum atomic E-state index is -0.338. The molecule has 6 aromatic carbocycles. The maximum atomic E-state index is 4.92. The molecule has 1 nitrogen and oxygen atoms in total. The summed E-state index contributed by atoms with van der Waals surface area (Å²) in [6, 6.07) is 52.2. The van der Waals surface area contributed by atoms with Crippen LogP contribution in [0.1, 0.15) is 103 Å². The summed E-state index contributed by atoms with van der Waals surface area (Å²) in [4.78, 5) is 2.61. The van der Waals surface area contributed by atoms with E-state index in [0.29, 0.717) is 17.8 Å². The summed E-state index contributed by atoms with van der Waals surface area (Å²) < 4.78 is 0.